The lowest BCUT2D eigenvalue weighted by molar-refractivity contribution is -0.136. The Balaban J connectivity index is 2.47. The molecule has 18 heavy (non-hydrogen) atoms. The number of carboxylic acid groups (broad SMARTS) is 1. The second-order valence-electron chi connectivity index (χ2n) is 4.56. The molecule has 0 aliphatic heterocycles. The minimum Gasteiger partial charge on any atom is -0.481 e. The maximum Gasteiger partial charge on any atom is 0.309 e. The van der Waals surface area contributed by atoms with Crippen molar-refractivity contribution in [1.29, 1.82) is 0 Å². The number of rotatable bonds is 3. The predicted octanol–water partition coefficient (Wildman–Crippen LogP) is 2.33. The molecular formula is C14H16N2O2. The van der Waals surface area contributed by atoms with Crippen LogP contribution < -0.4 is 0 Å². The Hall–Kier alpha value is -2.10. The lowest BCUT2D eigenvalue weighted by atomic mass is 10.1. The van der Waals surface area contributed by atoms with Crippen LogP contribution >= 0.6 is 0 Å². The molecule has 0 fully saturated rings. The van der Waals surface area contributed by atoms with Gasteiger partial charge in [0.2, 0.25) is 0 Å². The van der Waals surface area contributed by atoms with E-state index in [-0.39, 0.29) is 6.42 Å². The first-order valence-corrected chi connectivity index (χ1v) is 5.79. The number of carboxylic acids is 1. The molecule has 1 heterocycles. The summed E-state index contributed by atoms with van der Waals surface area (Å²) in [6.07, 6.45) is 1.73. The van der Waals surface area contributed by atoms with Gasteiger partial charge < -0.3 is 9.67 Å². The molecular weight excluding hydrogens is 228 g/mol. The van der Waals surface area contributed by atoms with Crippen molar-refractivity contribution in [3.05, 3.63) is 41.2 Å². The van der Waals surface area contributed by atoms with Gasteiger partial charge in [-0.05, 0) is 25.5 Å². The van der Waals surface area contributed by atoms with E-state index in [1.807, 2.05) is 25.5 Å². The van der Waals surface area contributed by atoms with Crippen LogP contribution in [0.5, 0.6) is 0 Å². The summed E-state index contributed by atoms with van der Waals surface area (Å²) in [6, 6.07) is 6.18. The van der Waals surface area contributed by atoms with E-state index in [2.05, 4.69) is 23.2 Å². The maximum atomic E-state index is 10.7. The first-order valence-electron chi connectivity index (χ1n) is 5.79. The summed E-state index contributed by atoms with van der Waals surface area (Å²) < 4.78 is 1.88. The molecule has 1 aromatic carbocycles. The highest BCUT2D eigenvalue weighted by molar-refractivity contribution is 5.70. The molecule has 0 aliphatic carbocycles. The van der Waals surface area contributed by atoms with Crippen molar-refractivity contribution in [2.75, 3.05) is 0 Å². The van der Waals surface area contributed by atoms with Crippen molar-refractivity contribution >= 4 is 5.97 Å². The molecule has 0 saturated heterocycles. The van der Waals surface area contributed by atoms with Crippen molar-refractivity contribution < 1.29 is 9.90 Å². The average Bonchev–Trinajstić information content (AvgIpc) is 2.62. The predicted molar refractivity (Wildman–Crippen MR) is 69.5 cm³/mol. The van der Waals surface area contributed by atoms with E-state index in [4.69, 9.17) is 5.11 Å². The zero-order valence-electron chi connectivity index (χ0n) is 10.8. The summed E-state index contributed by atoms with van der Waals surface area (Å²) in [5.41, 5.74) is 3.93. The summed E-state index contributed by atoms with van der Waals surface area (Å²) in [6.45, 7) is 4.06. The molecule has 0 bridgehead atoms. The summed E-state index contributed by atoms with van der Waals surface area (Å²) in [7, 11) is 1.88. The molecule has 94 valence electrons. The van der Waals surface area contributed by atoms with Crippen LogP contribution in [0.1, 0.15) is 16.8 Å². The fraction of sp³-hybridized carbons (Fsp3) is 0.286. The number of benzene rings is 1. The van der Waals surface area contributed by atoms with E-state index >= 15 is 0 Å². The van der Waals surface area contributed by atoms with Gasteiger partial charge in [-0.1, -0.05) is 17.7 Å². The maximum absolute atomic E-state index is 10.7. The van der Waals surface area contributed by atoms with Gasteiger partial charge in [0.1, 0.15) is 5.82 Å². The Bertz CT molecular complexity index is 600. The Morgan fingerprint density at radius 1 is 1.39 bits per heavy atom. The van der Waals surface area contributed by atoms with Crippen molar-refractivity contribution in [3.8, 4) is 11.4 Å². The van der Waals surface area contributed by atoms with Crippen LogP contribution in [0.15, 0.2) is 24.4 Å². The van der Waals surface area contributed by atoms with Gasteiger partial charge in [-0.2, -0.15) is 0 Å². The Kier molecular flexibility index (Phi) is 3.19. The Morgan fingerprint density at radius 3 is 2.78 bits per heavy atom. The molecule has 0 aliphatic rings. The van der Waals surface area contributed by atoms with Gasteiger partial charge >= 0.3 is 5.97 Å². The summed E-state index contributed by atoms with van der Waals surface area (Å²) in [4.78, 5) is 15.1. The fourth-order valence-corrected chi connectivity index (χ4v) is 2.00. The van der Waals surface area contributed by atoms with Crippen LogP contribution in [0.25, 0.3) is 11.4 Å². The molecule has 1 N–H and O–H groups in total. The SMILES string of the molecule is Cc1ccc(C)c(-c2nc(CC(=O)O)cn2C)c1. The number of aromatic nitrogens is 2. The highest BCUT2D eigenvalue weighted by Crippen LogP contribution is 2.23. The van der Waals surface area contributed by atoms with Crippen LogP contribution in [0.2, 0.25) is 0 Å². The minimum atomic E-state index is -0.861. The van der Waals surface area contributed by atoms with Crippen molar-refractivity contribution in [1.82, 2.24) is 9.55 Å². The molecule has 1 aromatic heterocycles. The smallest absolute Gasteiger partial charge is 0.309 e. The molecule has 4 heteroatoms. The summed E-state index contributed by atoms with van der Waals surface area (Å²) in [5, 5.41) is 8.79. The first-order chi connectivity index (χ1) is 8.47. The zero-order chi connectivity index (χ0) is 13.3. The summed E-state index contributed by atoms with van der Waals surface area (Å²) in [5.74, 6) is -0.0481. The quantitative estimate of drug-likeness (QED) is 0.901. The number of carbonyl (C=O) groups is 1. The molecule has 0 unspecified atom stereocenters. The highest BCUT2D eigenvalue weighted by Gasteiger charge is 2.12. The van der Waals surface area contributed by atoms with E-state index in [0.29, 0.717) is 5.69 Å². The van der Waals surface area contributed by atoms with Crippen LogP contribution in [0.3, 0.4) is 0 Å². The minimum absolute atomic E-state index is 0.0430. The average molecular weight is 244 g/mol. The van der Waals surface area contributed by atoms with E-state index in [9.17, 15) is 4.79 Å². The number of hydrogen-bond donors (Lipinski definition) is 1. The monoisotopic (exact) mass is 244 g/mol. The molecule has 2 aromatic rings. The van der Waals surface area contributed by atoms with Gasteiger partial charge in [-0.3, -0.25) is 4.79 Å². The van der Waals surface area contributed by atoms with Crippen LogP contribution in [0.4, 0.5) is 0 Å². The molecule has 4 nitrogen and oxygen atoms in total. The lowest BCUT2D eigenvalue weighted by Crippen LogP contribution is -2.00. The van der Waals surface area contributed by atoms with Crippen molar-refractivity contribution in [2.45, 2.75) is 20.3 Å². The van der Waals surface area contributed by atoms with Crippen molar-refractivity contribution in [2.24, 2.45) is 7.05 Å². The van der Waals surface area contributed by atoms with Gasteiger partial charge in [0.25, 0.3) is 0 Å². The van der Waals surface area contributed by atoms with Gasteiger partial charge in [-0.15, -0.1) is 0 Å². The third-order valence-corrected chi connectivity index (χ3v) is 2.89. The zero-order valence-corrected chi connectivity index (χ0v) is 10.8. The molecule has 0 amide bonds. The van der Waals surface area contributed by atoms with Crippen LogP contribution in [0, 0.1) is 13.8 Å². The second-order valence-corrected chi connectivity index (χ2v) is 4.56. The number of nitrogens with zero attached hydrogens (tertiary/aromatic N) is 2. The van der Waals surface area contributed by atoms with E-state index in [0.717, 1.165) is 17.0 Å². The number of hydrogen-bond acceptors (Lipinski definition) is 2. The summed E-state index contributed by atoms with van der Waals surface area (Å²) >= 11 is 0. The largest absolute Gasteiger partial charge is 0.481 e. The van der Waals surface area contributed by atoms with E-state index < -0.39 is 5.97 Å². The normalized spacial score (nSPS) is 10.6. The molecule has 0 saturated carbocycles. The van der Waals surface area contributed by atoms with E-state index in [1.54, 1.807) is 6.20 Å². The number of aryl methyl sites for hydroxylation is 3. The van der Waals surface area contributed by atoms with E-state index in [1.165, 1.54) is 5.56 Å². The Morgan fingerprint density at radius 2 is 2.11 bits per heavy atom. The Labute approximate surface area is 106 Å². The standard InChI is InChI=1S/C14H16N2O2/c1-9-4-5-10(2)12(6-9)14-15-11(7-13(17)18)8-16(14)3/h4-6,8H,7H2,1-3H3,(H,17,18). The van der Waals surface area contributed by atoms with Crippen LogP contribution in [-0.4, -0.2) is 20.6 Å². The lowest BCUT2D eigenvalue weighted by Gasteiger charge is -2.06. The van der Waals surface area contributed by atoms with Gasteiger partial charge in [-0.25, -0.2) is 4.98 Å². The number of imidazole rings is 1. The van der Waals surface area contributed by atoms with Gasteiger partial charge in [0.05, 0.1) is 12.1 Å². The second kappa shape index (κ2) is 4.64. The van der Waals surface area contributed by atoms with Gasteiger partial charge in [0.15, 0.2) is 0 Å². The molecule has 0 spiro atoms. The third kappa shape index (κ3) is 2.42. The topological polar surface area (TPSA) is 55.1 Å². The molecule has 2 rings (SSSR count). The highest BCUT2D eigenvalue weighted by atomic mass is 16.4. The van der Waals surface area contributed by atoms with Gasteiger partial charge in [0, 0.05) is 18.8 Å². The molecule has 0 radical (unpaired) electrons. The molecule has 0 atom stereocenters. The van der Waals surface area contributed by atoms with Crippen LogP contribution in [-0.2, 0) is 18.3 Å². The fourth-order valence-electron chi connectivity index (χ4n) is 2.00. The number of aliphatic carboxylic acids is 1. The van der Waals surface area contributed by atoms with Crippen molar-refractivity contribution in [3.63, 3.8) is 0 Å². The first kappa shape index (κ1) is 12.4. The third-order valence-electron chi connectivity index (χ3n) is 2.89.